The van der Waals surface area contributed by atoms with Gasteiger partial charge in [0.15, 0.2) is 5.82 Å². The molecule has 0 aliphatic carbocycles. The van der Waals surface area contributed by atoms with Crippen LogP contribution in [0.3, 0.4) is 0 Å². The molecule has 0 saturated carbocycles. The van der Waals surface area contributed by atoms with Crippen molar-refractivity contribution in [2.24, 2.45) is 5.84 Å². The highest BCUT2D eigenvalue weighted by molar-refractivity contribution is 7.99. The van der Waals surface area contributed by atoms with Crippen molar-refractivity contribution in [3.8, 4) is 0 Å². The van der Waals surface area contributed by atoms with Crippen LogP contribution in [0.2, 0.25) is 0 Å². The molecule has 3 N–H and O–H groups in total. The fourth-order valence-electron chi connectivity index (χ4n) is 1.53. The fourth-order valence-corrected chi connectivity index (χ4v) is 2.37. The molecular weight excluding hydrogens is 298 g/mol. The molecule has 1 aromatic carbocycles. The van der Waals surface area contributed by atoms with Crippen molar-refractivity contribution in [3.05, 3.63) is 41.7 Å². The lowest BCUT2D eigenvalue weighted by Gasteiger charge is -2.08. The maximum absolute atomic E-state index is 13.7. The summed E-state index contributed by atoms with van der Waals surface area (Å²) in [6.45, 7) is 2.61. The lowest BCUT2D eigenvalue weighted by molar-refractivity contribution is 0.128. The molecule has 0 atom stereocenters. The molecule has 0 aliphatic heterocycles. The molecule has 1 aromatic heterocycles. The standard InChI is InChI=1S/C13H14F2N4OS/c1-2-20-7-12-17-11(19-16)6-13(18-12)21-10-4-3-8(14)5-9(10)15/h3-6H,2,7,16H2,1H3,(H,17,18,19). The Balaban J connectivity index is 2.25. The number of nitrogens with zero attached hydrogens (tertiary/aromatic N) is 2. The minimum Gasteiger partial charge on any atom is -0.374 e. The Morgan fingerprint density at radius 1 is 1.29 bits per heavy atom. The first kappa shape index (κ1) is 15.6. The largest absolute Gasteiger partial charge is 0.374 e. The maximum atomic E-state index is 13.7. The van der Waals surface area contributed by atoms with Crippen LogP contribution in [-0.4, -0.2) is 16.6 Å². The minimum atomic E-state index is -0.646. The van der Waals surface area contributed by atoms with Gasteiger partial charge in [0, 0.05) is 23.6 Å². The second-order valence-corrected chi connectivity index (χ2v) is 5.03. The van der Waals surface area contributed by atoms with Crippen LogP contribution in [0.4, 0.5) is 14.6 Å². The van der Waals surface area contributed by atoms with Crippen LogP contribution in [0.15, 0.2) is 34.2 Å². The molecule has 2 rings (SSSR count). The number of halogens is 2. The summed E-state index contributed by atoms with van der Waals surface area (Å²) in [5.41, 5.74) is 2.42. The third kappa shape index (κ3) is 4.35. The molecule has 0 aliphatic rings. The lowest BCUT2D eigenvalue weighted by Crippen LogP contribution is -2.11. The van der Waals surface area contributed by atoms with Gasteiger partial charge in [0.25, 0.3) is 0 Å². The van der Waals surface area contributed by atoms with E-state index >= 15 is 0 Å². The molecule has 2 aromatic rings. The molecule has 1 heterocycles. The van der Waals surface area contributed by atoms with Gasteiger partial charge < -0.3 is 10.2 Å². The highest BCUT2D eigenvalue weighted by atomic mass is 32.2. The van der Waals surface area contributed by atoms with Crippen molar-refractivity contribution < 1.29 is 13.5 Å². The number of rotatable bonds is 6. The average Bonchev–Trinajstić information content (AvgIpc) is 2.48. The Bertz CT molecular complexity index is 627. The molecule has 21 heavy (non-hydrogen) atoms. The van der Waals surface area contributed by atoms with E-state index in [1.807, 2.05) is 6.92 Å². The topological polar surface area (TPSA) is 73.1 Å². The molecule has 0 bridgehead atoms. The first-order valence-corrected chi connectivity index (χ1v) is 6.99. The Kier molecular flexibility index (Phi) is 5.43. The molecule has 0 unspecified atom stereocenters. The summed E-state index contributed by atoms with van der Waals surface area (Å²) in [6, 6.07) is 4.95. The third-order valence-corrected chi connectivity index (χ3v) is 3.41. The van der Waals surface area contributed by atoms with Crippen LogP contribution in [0.25, 0.3) is 0 Å². The number of nitrogens with two attached hydrogens (primary N) is 1. The second-order valence-electron chi connectivity index (χ2n) is 3.97. The fraction of sp³-hybridized carbons (Fsp3) is 0.231. The van der Waals surface area contributed by atoms with Gasteiger partial charge in [0.05, 0.1) is 0 Å². The molecule has 0 radical (unpaired) electrons. The summed E-state index contributed by atoms with van der Waals surface area (Å²) >= 11 is 1.06. The van der Waals surface area contributed by atoms with Gasteiger partial charge in [-0.05, 0) is 19.1 Å². The number of hydrogen-bond donors (Lipinski definition) is 2. The molecule has 0 spiro atoms. The smallest absolute Gasteiger partial charge is 0.157 e. The number of benzene rings is 1. The van der Waals surface area contributed by atoms with Crippen molar-refractivity contribution in [1.82, 2.24) is 9.97 Å². The Hall–Kier alpha value is -1.77. The van der Waals surface area contributed by atoms with Gasteiger partial charge in [-0.1, -0.05) is 11.8 Å². The molecular formula is C13H14F2N4OS. The molecule has 8 heteroatoms. The SMILES string of the molecule is CCOCc1nc(NN)cc(Sc2ccc(F)cc2F)n1. The Morgan fingerprint density at radius 3 is 2.76 bits per heavy atom. The first-order chi connectivity index (χ1) is 10.1. The Labute approximate surface area is 124 Å². The van der Waals surface area contributed by atoms with Crippen molar-refractivity contribution >= 4 is 17.6 Å². The molecule has 0 amide bonds. The predicted molar refractivity (Wildman–Crippen MR) is 75.7 cm³/mol. The summed E-state index contributed by atoms with van der Waals surface area (Å²) in [7, 11) is 0. The summed E-state index contributed by atoms with van der Waals surface area (Å²) in [5, 5.41) is 0.484. The van der Waals surface area contributed by atoms with Gasteiger partial charge in [0.1, 0.15) is 29.1 Å². The third-order valence-electron chi connectivity index (χ3n) is 2.44. The van der Waals surface area contributed by atoms with E-state index in [9.17, 15) is 8.78 Å². The highest BCUT2D eigenvalue weighted by Gasteiger charge is 2.10. The molecule has 5 nitrogen and oxygen atoms in total. The van der Waals surface area contributed by atoms with E-state index in [0.29, 0.717) is 23.3 Å². The summed E-state index contributed by atoms with van der Waals surface area (Å²) in [4.78, 5) is 8.64. The van der Waals surface area contributed by atoms with E-state index in [-0.39, 0.29) is 11.5 Å². The zero-order valence-corrected chi connectivity index (χ0v) is 12.1. The second kappa shape index (κ2) is 7.30. The van der Waals surface area contributed by atoms with Crippen LogP contribution in [0.5, 0.6) is 0 Å². The van der Waals surface area contributed by atoms with Gasteiger partial charge in [-0.25, -0.2) is 24.6 Å². The summed E-state index contributed by atoms with van der Waals surface area (Å²) < 4.78 is 31.8. The van der Waals surface area contributed by atoms with Crippen LogP contribution < -0.4 is 11.3 Å². The van der Waals surface area contributed by atoms with Gasteiger partial charge in [0.2, 0.25) is 0 Å². The van der Waals surface area contributed by atoms with Crippen molar-refractivity contribution in [2.45, 2.75) is 23.5 Å². The van der Waals surface area contributed by atoms with E-state index in [1.54, 1.807) is 6.07 Å². The quantitative estimate of drug-likeness (QED) is 0.485. The van der Waals surface area contributed by atoms with Crippen LogP contribution in [0.1, 0.15) is 12.7 Å². The highest BCUT2D eigenvalue weighted by Crippen LogP contribution is 2.29. The van der Waals surface area contributed by atoms with E-state index in [2.05, 4.69) is 15.4 Å². The van der Waals surface area contributed by atoms with Gasteiger partial charge in [-0.2, -0.15) is 0 Å². The number of nitrogen functional groups attached to an aromatic ring is 1. The molecule has 0 saturated heterocycles. The average molecular weight is 312 g/mol. The number of hydrogen-bond acceptors (Lipinski definition) is 6. The van der Waals surface area contributed by atoms with E-state index in [1.165, 1.54) is 12.1 Å². The van der Waals surface area contributed by atoms with Crippen LogP contribution in [0, 0.1) is 11.6 Å². The maximum Gasteiger partial charge on any atom is 0.157 e. The van der Waals surface area contributed by atoms with Crippen molar-refractivity contribution in [1.29, 1.82) is 0 Å². The number of hydrazine groups is 1. The summed E-state index contributed by atoms with van der Waals surface area (Å²) in [5.74, 6) is 4.90. The Morgan fingerprint density at radius 2 is 2.10 bits per heavy atom. The number of aromatic nitrogens is 2. The van der Waals surface area contributed by atoms with E-state index < -0.39 is 11.6 Å². The monoisotopic (exact) mass is 312 g/mol. The zero-order chi connectivity index (χ0) is 15.2. The van der Waals surface area contributed by atoms with Crippen LogP contribution in [-0.2, 0) is 11.3 Å². The van der Waals surface area contributed by atoms with Gasteiger partial charge in [-0.15, -0.1) is 0 Å². The molecule has 112 valence electrons. The van der Waals surface area contributed by atoms with Gasteiger partial charge >= 0.3 is 0 Å². The minimum absolute atomic E-state index is 0.228. The van der Waals surface area contributed by atoms with E-state index in [4.69, 9.17) is 10.6 Å². The molecule has 0 fully saturated rings. The number of anilines is 1. The zero-order valence-electron chi connectivity index (χ0n) is 11.3. The lowest BCUT2D eigenvalue weighted by atomic mass is 10.3. The van der Waals surface area contributed by atoms with E-state index in [0.717, 1.165) is 17.8 Å². The number of nitrogens with one attached hydrogen (secondary N) is 1. The van der Waals surface area contributed by atoms with Crippen molar-refractivity contribution in [2.75, 3.05) is 12.0 Å². The van der Waals surface area contributed by atoms with Gasteiger partial charge in [-0.3, -0.25) is 0 Å². The van der Waals surface area contributed by atoms with Crippen molar-refractivity contribution in [3.63, 3.8) is 0 Å². The van der Waals surface area contributed by atoms with Crippen LogP contribution >= 0.6 is 11.8 Å². The first-order valence-electron chi connectivity index (χ1n) is 6.17. The normalized spacial score (nSPS) is 10.7. The number of ether oxygens (including phenoxy) is 1. The summed E-state index contributed by atoms with van der Waals surface area (Å²) in [6.07, 6.45) is 0. The predicted octanol–water partition coefficient (Wildman–Crippen LogP) is 2.73.